The standard InChI is InChI=1S/C28H27N7O/c1-3-8-23-16-25(35-28(32-23)33-26(34-35)22-12-7-14-29-17-22)31-24-13-6-11-20(15-24)27(36)30-18-21-10-5-4-9-19(21)2/h4-7,9-17,31H,3,8,18H2,1-2H3,(H,30,36). The molecule has 0 radical (unpaired) electrons. The van der Waals surface area contributed by atoms with E-state index in [1.54, 1.807) is 23.0 Å². The minimum absolute atomic E-state index is 0.131. The number of carbonyl (C=O) groups is 1. The molecule has 180 valence electrons. The van der Waals surface area contributed by atoms with Gasteiger partial charge in [0.15, 0.2) is 5.82 Å². The van der Waals surface area contributed by atoms with Crippen molar-refractivity contribution in [2.45, 2.75) is 33.2 Å². The molecular formula is C28H27N7O. The molecular weight excluding hydrogens is 450 g/mol. The van der Waals surface area contributed by atoms with Gasteiger partial charge in [-0.15, -0.1) is 5.10 Å². The van der Waals surface area contributed by atoms with Crippen molar-refractivity contribution in [1.29, 1.82) is 0 Å². The summed E-state index contributed by atoms with van der Waals surface area (Å²) in [5.41, 5.74) is 5.33. The van der Waals surface area contributed by atoms with Crippen LogP contribution in [0.5, 0.6) is 0 Å². The average Bonchev–Trinajstić information content (AvgIpc) is 3.34. The summed E-state index contributed by atoms with van der Waals surface area (Å²) in [5.74, 6) is 1.66. The Hall–Kier alpha value is -4.59. The van der Waals surface area contributed by atoms with Crippen molar-refractivity contribution in [2.75, 3.05) is 5.32 Å². The maximum Gasteiger partial charge on any atom is 0.254 e. The number of aryl methyl sites for hydroxylation is 2. The Morgan fingerprint density at radius 2 is 1.89 bits per heavy atom. The SMILES string of the molecule is CCCc1cc(Nc2cccc(C(=O)NCc3ccccc3C)c2)n2nc(-c3cccnc3)nc2n1. The first-order valence-electron chi connectivity index (χ1n) is 12.0. The number of nitrogens with zero attached hydrogens (tertiary/aromatic N) is 5. The van der Waals surface area contributed by atoms with Gasteiger partial charge in [0.25, 0.3) is 11.7 Å². The van der Waals surface area contributed by atoms with Crippen LogP contribution in [-0.4, -0.2) is 30.5 Å². The number of hydrogen-bond donors (Lipinski definition) is 2. The van der Waals surface area contributed by atoms with Crippen molar-refractivity contribution in [3.05, 3.63) is 102 Å². The van der Waals surface area contributed by atoms with Crippen LogP contribution in [0.4, 0.5) is 11.5 Å². The Bertz CT molecular complexity index is 1510. The zero-order valence-electron chi connectivity index (χ0n) is 20.3. The number of amides is 1. The highest BCUT2D eigenvalue weighted by Crippen LogP contribution is 2.22. The van der Waals surface area contributed by atoms with Gasteiger partial charge in [0.2, 0.25) is 0 Å². The summed E-state index contributed by atoms with van der Waals surface area (Å²) in [6.07, 6.45) is 5.23. The molecule has 2 N–H and O–H groups in total. The molecule has 3 heterocycles. The Morgan fingerprint density at radius 1 is 1.00 bits per heavy atom. The lowest BCUT2D eigenvalue weighted by Crippen LogP contribution is -2.23. The van der Waals surface area contributed by atoms with Gasteiger partial charge >= 0.3 is 0 Å². The monoisotopic (exact) mass is 477 g/mol. The number of aromatic nitrogens is 5. The van der Waals surface area contributed by atoms with Gasteiger partial charge in [-0.2, -0.15) is 9.50 Å². The van der Waals surface area contributed by atoms with Crippen LogP contribution in [0.1, 0.15) is 40.5 Å². The molecule has 5 aromatic rings. The highest BCUT2D eigenvalue weighted by Gasteiger charge is 2.14. The number of pyridine rings is 1. The fraction of sp³-hybridized carbons (Fsp3) is 0.179. The van der Waals surface area contributed by atoms with Gasteiger partial charge in [-0.05, 0) is 54.8 Å². The van der Waals surface area contributed by atoms with E-state index >= 15 is 0 Å². The molecule has 0 unspecified atom stereocenters. The van der Waals surface area contributed by atoms with Gasteiger partial charge in [-0.1, -0.05) is 43.7 Å². The smallest absolute Gasteiger partial charge is 0.254 e. The lowest BCUT2D eigenvalue weighted by molar-refractivity contribution is 0.0951. The van der Waals surface area contributed by atoms with Gasteiger partial charge in [0, 0.05) is 47.5 Å². The van der Waals surface area contributed by atoms with Gasteiger partial charge < -0.3 is 10.6 Å². The van der Waals surface area contributed by atoms with E-state index in [1.807, 2.05) is 67.6 Å². The molecule has 5 rings (SSSR count). The molecule has 8 nitrogen and oxygen atoms in total. The van der Waals surface area contributed by atoms with Crippen molar-refractivity contribution in [3.63, 3.8) is 0 Å². The van der Waals surface area contributed by atoms with Crippen LogP contribution in [0.15, 0.2) is 79.1 Å². The zero-order valence-corrected chi connectivity index (χ0v) is 20.3. The van der Waals surface area contributed by atoms with Gasteiger partial charge in [0.05, 0.1) is 0 Å². The fourth-order valence-corrected chi connectivity index (χ4v) is 3.98. The van der Waals surface area contributed by atoms with Crippen molar-refractivity contribution in [3.8, 4) is 11.4 Å². The largest absolute Gasteiger partial charge is 0.348 e. The average molecular weight is 478 g/mol. The lowest BCUT2D eigenvalue weighted by Gasteiger charge is -2.12. The van der Waals surface area contributed by atoms with Crippen LogP contribution in [0.2, 0.25) is 0 Å². The van der Waals surface area contributed by atoms with Crippen molar-refractivity contribution in [1.82, 2.24) is 29.9 Å². The number of anilines is 2. The third-order valence-electron chi connectivity index (χ3n) is 5.89. The number of hydrogen-bond acceptors (Lipinski definition) is 6. The number of fused-ring (bicyclic) bond motifs is 1. The van der Waals surface area contributed by atoms with Gasteiger partial charge in [0.1, 0.15) is 5.82 Å². The van der Waals surface area contributed by atoms with E-state index in [0.29, 0.717) is 23.7 Å². The number of carbonyl (C=O) groups excluding carboxylic acids is 1. The second-order valence-corrected chi connectivity index (χ2v) is 8.59. The molecule has 0 saturated carbocycles. The number of benzene rings is 2. The third kappa shape index (κ3) is 5.07. The van der Waals surface area contributed by atoms with Crippen LogP contribution in [0.25, 0.3) is 17.2 Å². The molecule has 8 heteroatoms. The summed E-state index contributed by atoms with van der Waals surface area (Å²) in [5, 5.41) is 11.1. The Labute approximate surface area is 209 Å². The highest BCUT2D eigenvalue weighted by atomic mass is 16.1. The first kappa shape index (κ1) is 23.2. The van der Waals surface area contributed by atoms with Gasteiger partial charge in [-0.25, -0.2) is 4.98 Å². The van der Waals surface area contributed by atoms with Crippen LogP contribution in [-0.2, 0) is 13.0 Å². The van der Waals surface area contributed by atoms with E-state index in [0.717, 1.165) is 46.7 Å². The maximum atomic E-state index is 12.9. The van der Waals surface area contributed by atoms with E-state index in [-0.39, 0.29) is 5.91 Å². The number of nitrogens with one attached hydrogen (secondary N) is 2. The molecule has 0 saturated heterocycles. The molecule has 3 aromatic heterocycles. The van der Waals surface area contributed by atoms with E-state index in [9.17, 15) is 4.79 Å². The lowest BCUT2D eigenvalue weighted by atomic mass is 10.1. The summed E-state index contributed by atoms with van der Waals surface area (Å²) in [6, 6.07) is 21.2. The van der Waals surface area contributed by atoms with Crippen molar-refractivity contribution < 1.29 is 4.79 Å². The predicted molar refractivity (Wildman–Crippen MR) is 140 cm³/mol. The molecule has 0 atom stereocenters. The molecule has 0 spiro atoms. The van der Waals surface area contributed by atoms with E-state index in [4.69, 9.17) is 0 Å². The molecule has 0 aliphatic carbocycles. The van der Waals surface area contributed by atoms with Crippen LogP contribution < -0.4 is 10.6 Å². The second-order valence-electron chi connectivity index (χ2n) is 8.59. The minimum Gasteiger partial charge on any atom is -0.348 e. The molecule has 0 aliphatic rings. The normalized spacial score (nSPS) is 10.9. The fourth-order valence-electron chi connectivity index (χ4n) is 3.98. The second kappa shape index (κ2) is 10.4. The van der Waals surface area contributed by atoms with Gasteiger partial charge in [-0.3, -0.25) is 9.78 Å². The molecule has 0 aliphatic heterocycles. The van der Waals surface area contributed by atoms with Crippen LogP contribution >= 0.6 is 0 Å². The van der Waals surface area contributed by atoms with E-state index in [1.165, 1.54) is 0 Å². The molecule has 36 heavy (non-hydrogen) atoms. The summed E-state index contributed by atoms with van der Waals surface area (Å²) < 4.78 is 1.69. The topological polar surface area (TPSA) is 97.1 Å². The summed E-state index contributed by atoms with van der Waals surface area (Å²) in [7, 11) is 0. The van der Waals surface area contributed by atoms with Crippen molar-refractivity contribution in [2.24, 2.45) is 0 Å². The molecule has 1 amide bonds. The van der Waals surface area contributed by atoms with E-state index < -0.39 is 0 Å². The Balaban J connectivity index is 1.41. The predicted octanol–water partition coefficient (Wildman–Crippen LogP) is 5.12. The van der Waals surface area contributed by atoms with Crippen molar-refractivity contribution >= 4 is 23.2 Å². The minimum atomic E-state index is -0.131. The molecule has 0 bridgehead atoms. The zero-order chi connectivity index (χ0) is 24.9. The summed E-state index contributed by atoms with van der Waals surface area (Å²) in [6.45, 7) is 4.63. The highest BCUT2D eigenvalue weighted by molar-refractivity contribution is 5.95. The third-order valence-corrected chi connectivity index (χ3v) is 5.89. The van der Waals surface area contributed by atoms with Crippen LogP contribution in [0.3, 0.4) is 0 Å². The molecule has 2 aromatic carbocycles. The first-order valence-corrected chi connectivity index (χ1v) is 12.0. The quantitative estimate of drug-likeness (QED) is 0.322. The Kier molecular flexibility index (Phi) is 6.66. The summed E-state index contributed by atoms with van der Waals surface area (Å²) >= 11 is 0. The first-order chi connectivity index (χ1) is 17.6. The molecule has 0 fully saturated rings. The summed E-state index contributed by atoms with van der Waals surface area (Å²) in [4.78, 5) is 26.3. The Morgan fingerprint density at radius 3 is 2.69 bits per heavy atom. The van der Waals surface area contributed by atoms with E-state index in [2.05, 4.69) is 37.6 Å². The van der Waals surface area contributed by atoms with Crippen LogP contribution in [0, 0.1) is 6.92 Å². The number of rotatable bonds is 8. The maximum absolute atomic E-state index is 12.9.